The van der Waals surface area contributed by atoms with E-state index in [4.69, 9.17) is 16.1 Å². The lowest BCUT2D eigenvalue weighted by Crippen LogP contribution is -2.20. The molecule has 1 aromatic heterocycles. The predicted molar refractivity (Wildman–Crippen MR) is 47.0 cm³/mol. The highest BCUT2D eigenvalue weighted by Gasteiger charge is 2.33. The summed E-state index contributed by atoms with van der Waals surface area (Å²) >= 11 is 0. The SMILES string of the molecule is N#Cc1cc(N)c(OC(F)(F)F)nc1C(=O)O. The highest BCUT2D eigenvalue weighted by Crippen LogP contribution is 2.27. The molecule has 0 radical (unpaired) electrons. The van der Waals surface area contributed by atoms with Crippen LogP contribution >= 0.6 is 0 Å². The second-order valence-electron chi connectivity index (χ2n) is 2.74. The molecule has 0 saturated carbocycles. The Balaban J connectivity index is 3.31. The highest BCUT2D eigenvalue weighted by atomic mass is 19.4. The number of hydrogen-bond acceptors (Lipinski definition) is 5. The number of nitrogen functional groups attached to an aromatic ring is 1. The van der Waals surface area contributed by atoms with Crippen LogP contribution in [-0.2, 0) is 0 Å². The number of anilines is 1. The van der Waals surface area contributed by atoms with Gasteiger partial charge in [0.15, 0.2) is 5.69 Å². The van der Waals surface area contributed by atoms with E-state index < -0.39 is 35.2 Å². The summed E-state index contributed by atoms with van der Waals surface area (Å²) in [6.45, 7) is 0. The topological polar surface area (TPSA) is 109 Å². The lowest BCUT2D eigenvalue weighted by molar-refractivity contribution is -0.275. The molecule has 6 nitrogen and oxygen atoms in total. The van der Waals surface area contributed by atoms with Gasteiger partial charge in [0.2, 0.25) is 5.88 Å². The number of nitrogens with two attached hydrogens (primary N) is 1. The summed E-state index contributed by atoms with van der Waals surface area (Å²) in [6.07, 6.45) is -5.05. The fourth-order valence-corrected chi connectivity index (χ4v) is 0.952. The van der Waals surface area contributed by atoms with Crippen LogP contribution in [0.5, 0.6) is 5.88 Å². The molecule has 0 fully saturated rings. The molecule has 0 spiro atoms. The number of rotatable bonds is 2. The number of ether oxygens (including phenoxy) is 1. The molecule has 1 heterocycles. The number of hydrogen-bond donors (Lipinski definition) is 2. The Morgan fingerprint density at radius 1 is 1.59 bits per heavy atom. The maximum atomic E-state index is 11.9. The van der Waals surface area contributed by atoms with E-state index in [1.54, 1.807) is 0 Å². The molecule has 17 heavy (non-hydrogen) atoms. The van der Waals surface area contributed by atoms with Crippen molar-refractivity contribution >= 4 is 11.7 Å². The van der Waals surface area contributed by atoms with Gasteiger partial charge >= 0.3 is 12.3 Å². The standard InChI is InChI=1S/C8H4F3N3O3/c9-8(10,11)17-6-4(13)1-3(2-12)5(14-6)7(15)16/h1H,13H2,(H,15,16). The van der Waals surface area contributed by atoms with Crippen molar-refractivity contribution in [2.24, 2.45) is 0 Å². The minimum atomic E-state index is -5.05. The number of carbonyl (C=O) groups is 1. The number of aromatic nitrogens is 1. The van der Waals surface area contributed by atoms with E-state index in [2.05, 4.69) is 9.72 Å². The Bertz CT molecular complexity index is 507. The molecule has 9 heteroatoms. The van der Waals surface area contributed by atoms with Gasteiger partial charge in [-0.1, -0.05) is 0 Å². The van der Waals surface area contributed by atoms with Gasteiger partial charge in [-0.2, -0.15) is 5.26 Å². The minimum absolute atomic E-state index is 0.454. The molecular weight excluding hydrogens is 243 g/mol. The quantitative estimate of drug-likeness (QED) is 0.810. The van der Waals surface area contributed by atoms with Crippen LogP contribution in [0, 0.1) is 11.3 Å². The monoisotopic (exact) mass is 247 g/mol. The summed E-state index contributed by atoms with van der Waals surface area (Å²) in [5, 5.41) is 17.2. The largest absolute Gasteiger partial charge is 0.574 e. The first kappa shape index (κ1) is 12.6. The van der Waals surface area contributed by atoms with Crippen LogP contribution in [0.1, 0.15) is 16.1 Å². The summed E-state index contributed by atoms with van der Waals surface area (Å²) in [5.41, 5.74) is 3.25. The zero-order chi connectivity index (χ0) is 13.2. The van der Waals surface area contributed by atoms with E-state index in [1.807, 2.05) is 0 Å². The second-order valence-corrected chi connectivity index (χ2v) is 2.74. The van der Waals surface area contributed by atoms with Crippen LogP contribution in [0.15, 0.2) is 6.07 Å². The van der Waals surface area contributed by atoms with Crippen LogP contribution in [-0.4, -0.2) is 22.4 Å². The number of alkyl halides is 3. The summed E-state index contributed by atoms with van der Waals surface area (Å²) in [7, 11) is 0. The molecule has 1 aromatic rings. The van der Waals surface area contributed by atoms with Crippen molar-refractivity contribution in [3.63, 3.8) is 0 Å². The molecule has 0 unspecified atom stereocenters. The fraction of sp³-hybridized carbons (Fsp3) is 0.125. The first-order chi connectivity index (χ1) is 7.74. The summed E-state index contributed by atoms with van der Waals surface area (Å²) in [6, 6.07) is 2.20. The summed E-state index contributed by atoms with van der Waals surface area (Å²) < 4.78 is 39.1. The Labute approximate surface area is 92.0 Å². The molecule has 0 amide bonds. The van der Waals surface area contributed by atoms with E-state index >= 15 is 0 Å². The summed E-state index contributed by atoms with van der Waals surface area (Å²) in [5.74, 6) is -2.76. The fourth-order valence-electron chi connectivity index (χ4n) is 0.952. The van der Waals surface area contributed by atoms with Gasteiger partial charge in [-0.25, -0.2) is 9.78 Å². The van der Waals surface area contributed by atoms with Crippen LogP contribution in [0.3, 0.4) is 0 Å². The van der Waals surface area contributed by atoms with Gasteiger partial charge in [-0.15, -0.1) is 13.2 Å². The molecule has 0 aliphatic heterocycles. The number of nitriles is 1. The molecule has 0 aliphatic carbocycles. The van der Waals surface area contributed by atoms with Gasteiger partial charge in [0, 0.05) is 0 Å². The Morgan fingerprint density at radius 2 is 2.18 bits per heavy atom. The van der Waals surface area contributed by atoms with Gasteiger partial charge in [-0.3, -0.25) is 0 Å². The zero-order valence-corrected chi connectivity index (χ0v) is 7.95. The van der Waals surface area contributed by atoms with Crippen molar-refractivity contribution in [3.8, 4) is 11.9 Å². The third-order valence-electron chi connectivity index (χ3n) is 1.55. The Kier molecular flexibility index (Phi) is 3.08. The van der Waals surface area contributed by atoms with Crippen molar-refractivity contribution < 1.29 is 27.8 Å². The Hall–Kier alpha value is -2.50. The Morgan fingerprint density at radius 3 is 2.59 bits per heavy atom. The summed E-state index contributed by atoms with van der Waals surface area (Å²) in [4.78, 5) is 13.7. The molecule has 0 aliphatic rings. The van der Waals surface area contributed by atoms with E-state index in [0.29, 0.717) is 0 Å². The number of carboxylic acids is 1. The average molecular weight is 247 g/mol. The third kappa shape index (κ3) is 2.97. The van der Waals surface area contributed by atoms with Crippen molar-refractivity contribution in [2.45, 2.75) is 6.36 Å². The minimum Gasteiger partial charge on any atom is -0.476 e. The van der Waals surface area contributed by atoms with Crippen molar-refractivity contribution in [3.05, 3.63) is 17.3 Å². The molecule has 0 aromatic carbocycles. The average Bonchev–Trinajstić information content (AvgIpc) is 2.18. The van der Waals surface area contributed by atoms with Crippen LogP contribution < -0.4 is 10.5 Å². The van der Waals surface area contributed by atoms with Gasteiger partial charge < -0.3 is 15.6 Å². The van der Waals surface area contributed by atoms with Gasteiger partial charge in [0.05, 0.1) is 11.3 Å². The van der Waals surface area contributed by atoms with Crippen molar-refractivity contribution in [1.29, 1.82) is 5.26 Å². The number of carboxylic acid groups (broad SMARTS) is 1. The van der Waals surface area contributed by atoms with Crippen LogP contribution in [0.2, 0.25) is 0 Å². The molecule has 0 bridgehead atoms. The van der Waals surface area contributed by atoms with Crippen molar-refractivity contribution in [1.82, 2.24) is 4.98 Å². The molecule has 0 saturated heterocycles. The lowest BCUT2D eigenvalue weighted by atomic mass is 10.2. The van der Waals surface area contributed by atoms with Crippen LogP contribution in [0.25, 0.3) is 0 Å². The molecule has 0 atom stereocenters. The maximum absolute atomic E-state index is 11.9. The molecule has 1 rings (SSSR count). The lowest BCUT2D eigenvalue weighted by Gasteiger charge is -2.10. The number of pyridine rings is 1. The van der Waals surface area contributed by atoms with E-state index in [0.717, 1.165) is 6.07 Å². The van der Waals surface area contributed by atoms with Gasteiger partial charge in [-0.05, 0) is 6.07 Å². The zero-order valence-electron chi connectivity index (χ0n) is 7.95. The maximum Gasteiger partial charge on any atom is 0.574 e. The third-order valence-corrected chi connectivity index (χ3v) is 1.55. The smallest absolute Gasteiger partial charge is 0.476 e. The molecule has 90 valence electrons. The van der Waals surface area contributed by atoms with E-state index in [1.165, 1.54) is 6.07 Å². The number of halogens is 3. The van der Waals surface area contributed by atoms with E-state index in [9.17, 15) is 18.0 Å². The van der Waals surface area contributed by atoms with Crippen molar-refractivity contribution in [2.75, 3.05) is 5.73 Å². The highest BCUT2D eigenvalue weighted by molar-refractivity contribution is 5.89. The molecular formula is C8H4F3N3O3. The number of nitrogens with zero attached hydrogens (tertiary/aromatic N) is 2. The first-order valence-electron chi connectivity index (χ1n) is 3.94. The molecule has 3 N–H and O–H groups in total. The van der Waals surface area contributed by atoms with Gasteiger partial charge in [0.25, 0.3) is 0 Å². The normalized spacial score (nSPS) is 10.7. The van der Waals surface area contributed by atoms with E-state index in [-0.39, 0.29) is 0 Å². The first-order valence-corrected chi connectivity index (χ1v) is 3.94. The second kappa shape index (κ2) is 4.17. The predicted octanol–water partition coefficient (Wildman–Crippen LogP) is 1.13. The van der Waals surface area contributed by atoms with Crippen LogP contribution in [0.4, 0.5) is 18.9 Å². The number of aromatic carboxylic acids is 1. The van der Waals surface area contributed by atoms with Gasteiger partial charge in [0.1, 0.15) is 6.07 Å².